The van der Waals surface area contributed by atoms with Gasteiger partial charge in [-0.3, -0.25) is 0 Å². The van der Waals surface area contributed by atoms with Gasteiger partial charge in [-0.2, -0.15) is 0 Å². The van der Waals surface area contributed by atoms with Crippen LogP contribution in [0.1, 0.15) is 18.1 Å². The van der Waals surface area contributed by atoms with Crippen LogP contribution in [0.2, 0.25) is 5.82 Å². The van der Waals surface area contributed by atoms with Crippen LogP contribution in [0.15, 0.2) is 24.3 Å². The van der Waals surface area contributed by atoms with Crippen LogP contribution in [0, 0.1) is 0 Å². The topological polar surface area (TPSA) is 0 Å². The van der Waals surface area contributed by atoms with Crippen LogP contribution in [0.25, 0.3) is 0 Å². The van der Waals surface area contributed by atoms with Crippen LogP contribution in [0.5, 0.6) is 0 Å². The van der Waals surface area contributed by atoms with Gasteiger partial charge in [0.05, 0.1) is 0 Å². The summed E-state index contributed by atoms with van der Waals surface area (Å²) in [6, 6.07) is 8.98. The summed E-state index contributed by atoms with van der Waals surface area (Å²) in [5.41, 5.74) is 2.93. The third kappa shape index (κ3) is 2.69. The van der Waals surface area contributed by atoms with E-state index in [0.717, 1.165) is 21.4 Å². The van der Waals surface area contributed by atoms with Crippen molar-refractivity contribution in [2.45, 2.75) is 24.5 Å². The number of rotatable bonds is 3. The molecule has 60 valence electrons. The van der Waals surface area contributed by atoms with E-state index < -0.39 is 0 Å². The zero-order valence-corrected chi connectivity index (χ0v) is 8.84. The molecule has 0 saturated heterocycles. The van der Waals surface area contributed by atoms with E-state index in [1.54, 1.807) is 0 Å². The van der Waals surface area contributed by atoms with Crippen molar-refractivity contribution in [2.24, 2.45) is 0 Å². The molecular formula is C10H14Se. The van der Waals surface area contributed by atoms with Gasteiger partial charge in [0.2, 0.25) is 0 Å². The van der Waals surface area contributed by atoms with E-state index in [9.17, 15) is 0 Å². The maximum atomic E-state index is 2.28. The van der Waals surface area contributed by atoms with Crippen molar-refractivity contribution in [2.75, 3.05) is 0 Å². The summed E-state index contributed by atoms with van der Waals surface area (Å²) >= 11 is 0.772. The molecule has 0 spiro atoms. The minimum absolute atomic E-state index is 0.772. The molecular weight excluding hydrogens is 199 g/mol. The van der Waals surface area contributed by atoms with Crippen LogP contribution in [0.4, 0.5) is 0 Å². The predicted molar refractivity (Wildman–Crippen MR) is 51.1 cm³/mol. The molecule has 0 N–H and O–H groups in total. The van der Waals surface area contributed by atoms with E-state index >= 15 is 0 Å². The van der Waals surface area contributed by atoms with Crippen LogP contribution in [-0.4, -0.2) is 15.0 Å². The predicted octanol–water partition coefficient (Wildman–Crippen LogP) is 2.50. The molecule has 1 rings (SSSR count). The van der Waals surface area contributed by atoms with Gasteiger partial charge in [-0.1, -0.05) is 0 Å². The first kappa shape index (κ1) is 8.83. The molecule has 0 bridgehead atoms. The zero-order valence-electron chi connectivity index (χ0n) is 7.13. The van der Waals surface area contributed by atoms with Gasteiger partial charge in [-0.25, -0.2) is 0 Å². The van der Waals surface area contributed by atoms with Crippen molar-refractivity contribution >= 4 is 15.0 Å². The second-order valence-electron chi connectivity index (χ2n) is 2.60. The van der Waals surface area contributed by atoms with Crippen molar-refractivity contribution in [1.29, 1.82) is 0 Å². The van der Waals surface area contributed by atoms with Crippen LogP contribution >= 0.6 is 0 Å². The molecule has 0 atom stereocenters. The van der Waals surface area contributed by atoms with Crippen LogP contribution < -0.4 is 0 Å². The van der Waals surface area contributed by atoms with Gasteiger partial charge >= 0.3 is 74.8 Å². The molecule has 0 saturated carbocycles. The fraction of sp³-hybridized carbons (Fsp3) is 0.400. The standard InChI is InChI=1S/C10H14Se/c1-3-9-4-6-10(7-5-9)8-11-2/h4-7H,3,8H2,1-2H3. The van der Waals surface area contributed by atoms with Crippen LogP contribution in [0.3, 0.4) is 0 Å². The Bertz CT molecular complexity index is 201. The Labute approximate surface area is 75.2 Å². The average Bonchev–Trinajstić information content (AvgIpc) is 2.07. The molecule has 11 heavy (non-hydrogen) atoms. The van der Waals surface area contributed by atoms with Gasteiger partial charge in [0.1, 0.15) is 0 Å². The van der Waals surface area contributed by atoms with Crippen molar-refractivity contribution < 1.29 is 0 Å². The van der Waals surface area contributed by atoms with E-state index in [1.165, 1.54) is 16.4 Å². The van der Waals surface area contributed by atoms with Gasteiger partial charge in [0.25, 0.3) is 0 Å². The Morgan fingerprint density at radius 3 is 2.09 bits per heavy atom. The molecule has 0 radical (unpaired) electrons. The summed E-state index contributed by atoms with van der Waals surface area (Å²) in [6.45, 7) is 2.19. The quantitative estimate of drug-likeness (QED) is 0.677. The molecule has 0 aliphatic heterocycles. The third-order valence-corrected chi connectivity index (χ3v) is 3.05. The minimum atomic E-state index is 0.772. The Balaban J connectivity index is 2.66. The molecule has 0 unspecified atom stereocenters. The molecule has 0 aliphatic rings. The Hall–Kier alpha value is -0.261. The molecule has 0 nitrogen and oxygen atoms in total. The molecule has 0 heterocycles. The second kappa shape index (κ2) is 4.58. The van der Waals surface area contributed by atoms with E-state index in [2.05, 4.69) is 37.0 Å². The number of benzene rings is 1. The normalized spacial score (nSPS) is 10.0. The van der Waals surface area contributed by atoms with E-state index in [4.69, 9.17) is 0 Å². The summed E-state index contributed by atoms with van der Waals surface area (Å²) in [5.74, 6) is 2.28. The Kier molecular flexibility index (Phi) is 3.68. The first-order chi connectivity index (χ1) is 5.36. The van der Waals surface area contributed by atoms with Crippen molar-refractivity contribution in [1.82, 2.24) is 0 Å². The molecule has 1 aromatic rings. The van der Waals surface area contributed by atoms with Crippen molar-refractivity contribution in [3.63, 3.8) is 0 Å². The number of aryl methyl sites for hydroxylation is 1. The van der Waals surface area contributed by atoms with Gasteiger partial charge in [-0.05, 0) is 0 Å². The Morgan fingerprint density at radius 1 is 1.09 bits per heavy atom. The molecule has 0 fully saturated rings. The fourth-order valence-corrected chi connectivity index (χ4v) is 2.14. The molecule has 1 aromatic carbocycles. The monoisotopic (exact) mass is 214 g/mol. The maximum absolute atomic E-state index is 2.28. The summed E-state index contributed by atoms with van der Waals surface area (Å²) in [4.78, 5) is 0. The molecule has 1 heteroatoms. The SMILES string of the molecule is CCc1ccc(C[Se]C)cc1. The van der Waals surface area contributed by atoms with E-state index in [-0.39, 0.29) is 0 Å². The van der Waals surface area contributed by atoms with Crippen molar-refractivity contribution in [3.8, 4) is 0 Å². The van der Waals surface area contributed by atoms with Crippen molar-refractivity contribution in [3.05, 3.63) is 35.4 Å². The third-order valence-electron chi connectivity index (χ3n) is 1.74. The first-order valence-corrected chi connectivity index (χ1v) is 6.86. The molecule has 0 amide bonds. The van der Waals surface area contributed by atoms with E-state index in [1.807, 2.05) is 0 Å². The van der Waals surface area contributed by atoms with Gasteiger partial charge < -0.3 is 0 Å². The van der Waals surface area contributed by atoms with Gasteiger partial charge in [0.15, 0.2) is 0 Å². The molecule has 0 aromatic heterocycles. The van der Waals surface area contributed by atoms with Crippen LogP contribution in [-0.2, 0) is 11.7 Å². The zero-order chi connectivity index (χ0) is 8.10. The van der Waals surface area contributed by atoms with E-state index in [0.29, 0.717) is 0 Å². The summed E-state index contributed by atoms with van der Waals surface area (Å²) in [7, 11) is 0. The number of hydrogen-bond donors (Lipinski definition) is 0. The summed E-state index contributed by atoms with van der Waals surface area (Å²) in [6.07, 6.45) is 1.15. The molecule has 0 aliphatic carbocycles. The summed E-state index contributed by atoms with van der Waals surface area (Å²) < 4.78 is 0. The Morgan fingerprint density at radius 2 is 1.64 bits per heavy atom. The second-order valence-corrected chi connectivity index (χ2v) is 4.42. The fourth-order valence-electron chi connectivity index (χ4n) is 1.04. The van der Waals surface area contributed by atoms with Gasteiger partial charge in [0, 0.05) is 0 Å². The first-order valence-electron chi connectivity index (χ1n) is 3.93. The number of hydrogen-bond acceptors (Lipinski definition) is 0. The van der Waals surface area contributed by atoms with Gasteiger partial charge in [-0.15, -0.1) is 0 Å². The summed E-state index contributed by atoms with van der Waals surface area (Å²) in [5, 5.41) is 1.27. The average molecular weight is 213 g/mol.